The normalized spacial score (nSPS) is 14.9. The zero-order valence-electron chi connectivity index (χ0n) is 14.3. The summed E-state index contributed by atoms with van der Waals surface area (Å²) in [6.07, 6.45) is 0.816. The highest BCUT2D eigenvalue weighted by Crippen LogP contribution is 2.31. The lowest BCUT2D eigenvalue weighted by Gasteiger charge is -2.36. The van der Waals surface area contributed by atoms with Crippen LogP contribution in [0.15, 0.2) is 36.4 Å². The highest BCUT2D eigenvalue weighted by atomic mass is 35.5. The van der Waals surface area contributed by atoms with Gasteiger partial charge in [0, 0.05) is 32.7 Å². The molecule has 0 aromatic heterocycles. The number of benzene rings is 2. The number of rotatable bonds is 6. The zero-order chi connectivity index (χ0) is 18.5. The van der Waals surface area contributed by atoms with Crippen molar-refractivity contribution < 1.29 is 9.18 Å². The van der Waals surface area contributed by atoms with E-state index in [9.17, 15) is 9.18 Å². The monoisotopic (exact) mass is 373 g/mol. The van der Waals surface area contributed by atoms with E-state index in [-0.39, 0.29) is 5.02 Å². The van der Waals surface area contributed by atoms with Crippen LogP contribution in [0.1, 0.15) is 5.56 Å². The summed E-state index contributed by atoms with van der Waals surface area (Å²) in [6, 6.07) is 10.5. The van der Waals surface area contributed by atoms with Crippen molar-refractivity contribution in [2.75, 3.05) is 42.1 Å². The van der Waals surface area contributed by atoms with Gasteiger partial charge in [-0.3, -0.25) is 0 Å². The molecule has 1 radical (unpaired) electrons. The van der Waals surface area contributed by atoms with Crippen LogP contribution in [0.2, 0.25) is 5.02 Å². The highest BCUT2D eigenvalue weighted by Gasteiger charge is 2.19. The van der Waals surface area contributed by atoms with E-state index in [4.69, 9.17) is 17.3 Å². The minimum absolute atomic E-state index is 0.107. The number of carbonyl (C=O) groups is 1. The van der Waals surface area contributed by atoms with E-state index >= 15 is 0 Å². The Morgan fingerprint density at radius 3 is 2.69 bits per heavy atom. The Balaban J connectivity index is 1.67. The molecule has 0 atom stereocenters. The predicted octanol–water partition coefficient (Wildman–Crippen LogP) is 2.60. The van der Waals surface area contributed by atoms with E-state index < -0.39 is 5.82 Å². The van der Waals surface area contributed by atoms with E-state index in [1.54, 1.807) is 19.5 Å². The van der Waals surface area contributed by atoms with Crippen LogP contribution in [0.4, 0.5) is 21.5 Å². The van der Waals surface area contributed by atoms with Gasteiger partial charge in [-0.25, -0.2) is 4.39 Å². The van der Waals surface area contributed by atoms with Gasteiger partial charge in [-0.15, -0.1) is 0 Å². The molecule has 2 aromatic carbocycles. The van der Waals surface area contributed by atoms with Crippen LogP contribution in [0.3, 0.4) is 0 Å². The molecule has 1 fully saturated rings. The van der Waals surface area contributed by atoms with Crippen molar-refractivity contribution in [3.05, 3.63) is 52.8 Å². The van der Waals surface area contributed by atoms with Gasteiger partial charge in [-0.1, -0.05) is 23.7 Å². The Labute approximate surface area is 158 Å². The molecule has 26 heavy (non-hydrogen) atoms. The summed E-state index contributed by atoms with van der Waals surface area (Å²) in [5.74, 6) is -0.428. The lowest BCUT2D eigenvalue weighted by Crippen LogP contribution is -2.48. The average Bonchev–Trinajstić information content (AvgIpc) is 2.65. The molecule has 1 saturated heterocycles. The SMILES string of the molecule is Nc1c(NCc2ccc(F)c(Cl)c2)cccc1N1CCN([B]C=O)CC1. The molecule has 2 aromatic rings. The van der Waals surface area contributed by atoms with Crippen LogP contribution in [-0.2, 0) is 11.3 Å². The van der Waals surface area contributed by atoms with E-state index in [1.165, 1.54) is 6.07 Å². The third kappa shape index (κ3) is 4.29. The summed E-state index contributed by atoms with van der Waals surface area (Å²) in [7, 11) is 1.58. The van der Waals surface area contributed by atoms with E-state index in [0.29, 0.717) is 12.2 Å². The molecule has 3 rings (SSSR count). The van der Waals surface area contributed by atoms with Crippen LogP contribution in [0.25, 0.3) is 0 Å². The molecule has 0 spiro atoms. The van der Waals surface area contributed by atoms with Crippen LogP contribution in [-0.4, -0.2) is 44.6 Å². The van der Waals surface area contributed by atoms with Crippen LogP contribution in [0, 0.1) is 5.82 Å². The Morgan fingerprint density at radius 1 is 1.23 bits per heavy atom. The van der Waals surface area contributed by atoms with Gasteiger partial charge in [0.05, 0.1) is 28.3 Å². The molecule has 0 amide bonds. The van der Waals surface area contributed by atoms with Gasteiger partial charge in [0.2, 0.25) is 0 Å². The third-order valence-corrected chi connectivity index (χ3v) is 4.77. The maximum Gasteiger partial charge on any atom is 0.293 e. The second kappa shape index (κ2) is 8.42. The van der Waals surface area contributed by atoms with Crippen LogP contribution >= 0.6 is 11.6 Å². The lowest BCUT2D eigenvalue weighted by molar-refractivity contribution is 0.409. The largest absolute Gasteiger partial charge is 0.395 e. The smallest absolute Gasteiger partial charge is 0.293 e. The molecule has 135 valence electrons. The van der Waals surface area contributed by atoms with Crippen molar-refractivity contribution in [2.45, 2.75) is 6.54 Å². The fraction of sp³-hybridized carbons (Fsp3) is 0.278. The van der Waals surface area contributed by atoms with E-state index in [1.807, 2.05) is 23.0 Å². The second-order valence-electron chi connectivity index (χ2n) is 6.15. The Kier molecular flexibility index (Phi) is 6.01. The first-order valence-electron chi connectivity index (χ1n) is 8.42. The fourth-order valence-corrected chi connectivity index (χ4v) is 3.23. The number of anilines is 3. The first kappa shape index (κ1) is 18.5. The number of para-hydroxylation sites is 1. The first-order chi connectivity index (χ1) is 12.6. The van der Waals surface area contributed by atoms with Gasteiger partial charge in [-0.05, 0) is 29.8 Å². The minimum Gasteiger partial charge on any atom is -0.395 e. The molecule has 0 unspecified atom stereocenters. The second-order valence-corrected chi connectivity index (χ2v) is 6.56. The van der Waals surface area contributed by atoms with E-state index in [0.717, 1.165) is 49.3 Å². The van der Waals surface area contributed by atoms with Gasteiger partial charge < -0.3 is 25.6 Å². The van der Waals surface area contributed by atoms with Gasteiger partial charge in [0.25, 0.3) is 7.41 Å². The Hall–Kier alpha value is -2.25. The molecule has 0 aliphatic carbocycles. The summed E-state index contributed by atoms with van der Waals surface area (Å²) < 4.78 is 13.3. The van der Waals surface area contributed by atoms with Gasteiger partial charge in [0.1, 0.15) is 5.82 Å². The molecule has 1 aliphatic heterocycles. The molecular formula is C18H20BClFN4O. The van der Waals surface area contributed by atoms with Gasteiger partial charge in [0.15, 0.2) is 0 Å². The van der Waals surface area contributed by atoms with Crippen molar-refractivity contribution in [1.29, 1.82) is 0 Å². The standard InChI is InChI=1S/C18H20BClFN4O/c20-14-10-13(4-5-15(14)21)11-23-16-2-1-3-17(18(16)22)24-6-8-25(9-7-24)19-12-26/h1-5,10,12,23H,6-9,11,22H2. The molecular weight excluding hydrogens is 353 g/mol. The molecule has 0 saturated carbocycles. The average molecular weight is 374 g/mol. The quantitative estimate of drug-likeness (QED) is 0.463. The van der Waals surface area contributed by atoms with Crippen molar-refractivity contribution in [2.24, 2.45) is 0 Å². The van der Waals surface area contributed by atoms with Crippen LogP contribution < -0.4 is 16.0 Å². The number of nitrogen functional groups attached to an aromatic ring is 1. The maximum absolute atomic E-state index is 13.3. The molecule has 1 aliphatic rings. The summed E-state index contributed by atoms with van der Waals surface area (Å²) >= 11 is 5.83. The zero-order valence-corrected chi connectivity index (χ0v) is 15.0. The number of hydrogen-bond acceptors (Lipinski definition) is 5. The number of hydrogen-bond donors (Lipinski definition) is 2. The summed E-state index contributed by atoms with van der Waals surface area (Å²) in [5, 5.41) is 3.40. The Bertz CT molecular complexity index is 784. The summed E-state index contributed by atoms with van der Waals surface area (Å²) in [6.45, 7) is 3.65. The number of halogens is 2. The summed E-state index contributed by atoms with van der Waals surface area (Å²) in [4.78, 5) is 14.8. The minimum atomic E-state index is -0.428. The number of carbonyl (C=O) groups excluding carboxylic acids is 1. The lowest BCUT2D eigenvalue weighted by atomic mass is 9.93. The Morgan fingerprint density at radius 2 is 2.00 bits per heavy atom. The molecule has 5 nitrogen and oxygen atoms in total. The third-order valence-electron chi connectivity index (χ3n) is 4.48. The van der Waals surface area contributed by atoms with Gasteiger partial charge >= 0.3 is 0 Å². The number of nitrogens with one attached hydrogen (secondary N) is 1. The molecule has 0 bridgehead atoms. The maximum atomic E-state index is 13.3. The van der Waals surface area contributed by atoms with Crippen molar-refractivity contribution >= 4 is 42.3 Å². The number of nitrogens with two attached hydrogens (primary N) is 1. The van der Waals surface area contributed by atoms with Crippen molar-refractivity contribution in [3.63, 3.8) is 0 Å². The van der Waals surface area contributed by atoms with Crippen molar-refractivity contribution in [3.8, 4) is 0 Å². The predicted molar refractivity (Wildman–Crippen MR) is 106 cm³/mol. The summed E-state index contributed by atoms with van der Waals surface area (Å²) in [5.41, 5.74) is 9.70. The van der Waals surface area contributed by atoms with E-state index in [2.05, 4.69) is 10.2 Å². The molecule has 8 heteroatoms. The number of nitrogens with zero attached hydrogens (tertiary/aromatic N) is 2. The highest BCUT2D eigenvalue weighted by molar-refractivity contribution is 6.64. The number of piperazine rings is 1. The van der Waals surface area contributed by atoms with Crippen molar-refractivity contribution in [1.82, 2.24) is 4.81 Å². The first-order valence-corrected chi connectivity index (χ1v) is 8.80. The molecule has 1 heterocycles. The topological polar surface area (TPSA) is 61.6 Å². The van der Waals surface area contributed by atoms with Gasteiger partial charge in [-0.2, -0.15) is 0 Å². The van der Waals surface area contributed by atoms with Crippen LogP contribution in [0.5, 0.6) is 0 Å². The molecule has 3 N–H and O–H groups in total. The fourth-order valence-electron chi connectivity index (χ4n) is 3.03.